The van der Waals surface area contributed by atoms with E-state index in [4.69, 9.17) is 14.9 Å². The van der Waals surface area contributed by atoms with Gasteiger partial charge in [0.1, 0.15) is 11.3 Å². The van der Waals surface area contributed by atoms with E-state index in [1.165, 1.54) is 0 Å². The summed E-state index contributed by atoms with van der Waals surface area (Å²) < 4.78 is 11.0. The molecule has 28 heavy (non-hydrogen) atoms. The van der Waals surface area contributed by atoms with Crippen molar-refractivity contribution in [1.82, 2.24) is 5.32 Å². The Bertz CT molecular complexity index is 1180. The summed E-state index contributed by atoms with van der Waals surface area (Å²) in [5.74, 6) is -0.495. The van der Waals surface area contributed by atoms with Crippen molar-refractivity contribution in [1.29, 1.82) is 0 Å². The Labute approximate surface area is 160 Å². The van der Waals surface area contributed by atoms with Gasteiger partial charge in [0.15, 0.2) is 12.0 Å². The van der Waals surface area contributed by atoms with Crippen LogP contribution >= 0.6 is 0 Å². The minimum absolute atomic E-state index is 0.0415. The fourth-order valence-electron chi connectivity index (χ4n) is 3.33. The molecule has 1 aliphatic rings. The minimum Gasteiger partial charge on any atom is -0.484 e. The standard InChI is InChI=1S/C21H18N2O5/c1-10-7-14-15(8-11(10)2)28-20-17(19(14)25)18(23-21(20)26)12-3-5-13(6-4-12)27-9-16(22)24/h3-8,18H,9H2,1-2H3,(H2,22,24)(H,23,26). The molecule has 7 nitrogen and oxygen atoms in total. The zero-order valence-corrected chi connectivity index (χ0v) is 15.4. The highest BCUT2D eigenvalue weighted by Gasteiger charge is 2.36. The van der Waals surface area contributed by atoms with E-state index in [0.717, 1.165) is 11.1 Å². The molecule has 0 aliphatic carbocycles. The molecule has 1 aromatic heterocycles. The van der Waals surface area contributed by atoms with Crippen molar-refractivity contribution in [2.75, 3.05) is 6.61 Å². The topological polar surface area (TPSA) is 112 Å². The Hall–Kier alpha value is -3.61. The second-order valence-electron chi connectivity index (χ2n) is 6.84. The largest absolute Gasteiger partial charge is 0.484 e. The molecule has 142 valence electrons. The van der Waals surface area contributed by atoms with E-state index in [9.17, 15) is 14.4 Å². The third kappa shape index (κ3) is 2.90. The summed E-state index contributed by atoms with van der Waals surface area (Å²) in [6.07, 6.45) is 0. The van der Waals surface area contributed by atoms with E-state index in [0.29, 0.717) is 27.8 Å². The summed E-state index contributed by atoms with van der Waals surface area (Å²) in [4.78, 5) is 36.4. The fourth-order valence-corrected chi connectivity index (χ4v) is 3.33. The van der Waals surface area contributed by atoms with Crippen LogP contribution < -0.4 is 21.2 Å². The van der Waals surface area contributed by atoms with Gasteiger partial charge in [0.25, 0.3) is 11.8 Å². The average molecular weight is 378 g/mol. The van der Waals surface area contributed by atoms with Gasteiger partial charge in [-0.2, -0.15) is 0 Å². The molecule has 3 N–H and O–H groups in total. The molecule has 0 bridgehead atoms. The molecule has 0 saturated carbocycles. The number of carbonyl (C=O) groups excluding carboxylic acids is 2. The summed E-state index contributed by atoms with van der Waals surface area (Å²) in [6, 6.07) is 9.70. The van der Waals surface area contributed by atoms with Crippen LogP contribution in [0.4, 0.5) is 0 Å². The van der Waals surface area contributed by atoms with Crippen LogP contribution in [0, 0.1) is 13.8 Å². The third-order valence-electron chi connectivity index (χ3n) is 4.91. The fraction of sp³-hybridized carbons (Fsp3) is 0.190. The van der Waals surface area contributed by atoms with Crippen LogP contribution in [0.25, 0.3) is 11.0 Å². The second kappa shape index (κ2) is 6.53. The monoisotopic (exact) mass is 378 g/mol. The molecule has 1 unspecified atom stereocenters. The normalized spacial score (nSPS) is 15.4. The van der Waals surface area contributed by atoms with Gasteiger partial charge in [-0.1, -0.05) is 12.1 Å². The first-order chi connectivity index (χ1) is 13.3. The third-order valence-corrected chi connectivity index (χ3v) is 4.91. The van der Waals surface area contributed by atoms with Crippen molar-refractivity contribution in [2.45, 2.75) is 19.9 Å². The van der Waals surface area contributed by atoms with E-state index in [-0.39, 0.29) is 17.8 Å². The van der Waals surface area contributed by atoms with Crippen LogP contribution in [-0.4, -0.2) is 18.4 Å². The van der Waals surface area contributed by atoms with E-state index in [1.807, 2.05) is 13.8 Å². The number of fused-ring (bicyclic) bond motifs is 2. The number of ether oxygens (including phenoxy) is 1. The van der Waals surface area contributed by atoms with Gasteiger partial charge >= 0.3 is 0 Å². The number of rotatable bonds is 4. The number of aryl methyl sites for hydroxylation is 2. The van der Waals surface area contributed by atoms with E-state index in [1.54, 1.807) is 36.4 Å². The van der Waals surface area contributed by atoms with Crippen molar-refractivity contribution < 1.29 is 18.7 Å². The maximum absolute atomic E-state index is 13.1. The lowest BCUT2D eigenvalue weighted by Gasteiger charge is -2.13. The molecule has 2 heterocycles. The lowest BCUT2D eigenvalue weighted by Crippen LogP contribution is -2.22. The first-order valence-electron chi connectivity index (χ1n) is 8.75. The number of hydrogen-bond acceptors (Lipinski definition) is 5. The number of nitrogens with two attached hydrogens (primary N) is 1. The number of nitrogens with one attached hydrogen (secondary N) is 1. The predicted molar refractivity (Wildman–Crippen MR) is 102 cm³/mol. The molecule has 0 fully saturated rings. The highest BCUT2D eigenvalue weighted by molar-refractivity contribution is 5.99. The first-order valence-corrected chi connectivity index (χ1v) is 8.75. The lowest BCUT2D eigenvalue weighted by molar-refractivity contribution is -0.119. The molecule has 3 aromatic rings. The van der Waals surface area contributed by atoms with Gasteiger partial charge in [0, 0.05) is 0 Å². The number of primary amides is 1. The molecule has 2 amide bonds. The van der Waals surface area contributed by atoms with Crippen molar-refractivity contribution >= 4 is 22.8 Å². The van der Waals surface area contributed by atoms with Crippen LogP contribution in [0.5, 0.6) is 5.75 Å². The molecule has 1 atom stereocenters. The summed E-state index contributed by atoms with van der Waals surface area (Å²) in [5, 5.41) is 3.25. The van der Waals surface area contributed by atoms with Crippen molar-refractivity contribution in [2.24, 2.45) is 5.73 Å². The van der Waals surface area contributed by atoms with Crippen LogP contribution in [-0.2, 0) is 4.79 Å². The Kier molecular flexibility index (Phi) is 4.15. The summed E-state index contributed by atoms with van der Waals surface area (Å²) >= 11 is 0. The molecule has 2 aromatic carbocycles. The lowest BCUT2D eigenvalue weighted by atomic mass is 9.98. The van der Waals surface area contributed by atoms with E-state index in [2.05, 4.69) is 5.32 Å². The summed E-state index contributed by atoms with van der Waals surface area (Å²) in [5.41, 5.74) is 8.20. The first kappa shape index (κ1) is 17.8. The van der Waals surface area contributed by atoms with Gasteiger partial charge < -0.3 is 20.2 Å². The van der Waals surface area contributed by atoms with Crippen LogP contribution in [0.2, 0.25) is 0 Å². The quantitative estimate of drug-likeness (QED) is 0.722. The van der Waals surface area contributed by atoms with Crippen molar-refractivity contribution in [3.63, 3.8) is 0 Å². The number of amides is 2. The van der Waals surface area contributed by atoms with E-state index < -0.39 is 17.9 Å². The highest BCUT2D eigenvalue weighted by Crippen LogP contribution is 2.32. The zero-order chi connectivity index (χ0) is 20.0. The maximum atomic E-state index is 13.1. The molecule has 4 rings (SSSR count). The van der Waals surface area contributed by atoms with Crippen molar-refractivity contribution in [3.8, 4) is 5.75 Å². The van der Waals surface area contributed by atoms with Crippen LogP contribution in [0.3, 0.4) is 0 Å². The maximum Gasteiger partial charge on any atom is 0.288 e. The highest BCUT2D eigenvalue weighted by atomic mass is 16.5. The molecule has 0 saturated heterocycles. The Morgan fingerprint density at radius 3 is 2.50 bits per heavy atom. The van der Waals surface area contributed by atoms with Gasteiger partial charge in [0.05, 0.1) is 17.0 Å². The van der Waals surface area contributed by atoms with Crippen molar-refractivity contribution in [3.05, 3.63) is 74.6 Å². The summed E-state index contributed by atoms with van der Waals surface area (Å²) in [6.45, 7) is 3.62. The van der Waals surface area contributed by atoms with Gasteiger partial charge in [-0.15, -0.1) is 0 Å². The smallest absolute Gasteiger partial charge is 0.288 e. The number of hydrogen-bond donors (Lipinski definition) is 2. The van der Waals surface area contributed by atoms with Gasteiger partial charge in [-0.3, -0.25) is 14.4 Å². The SMILES string of the molecule is Cc1cc2oc3c(c(=O)c2cc1C)C(c1ccc(OCC(N)=O)cc1)NC3=O. The Balaban J connectivity index is 1.78. The van der Waals surface area contributed by atoms with Crippen LogP contribution in [0.15, 0.2) is 45.6 Å². The predicted octanol–water partition coefficient (Wildman–Crippen LogP) is 2.11. The second-order valence-corrected chi connectivity index (χ2v) is 6.84. The van der Waals surface area contributed by atoms with Gasteiger partial charge in [0.2, 0.25) is 5.76 Å². The van der Waals surface area contributed by atoms with E-state index >= 15 is 0 Å². The Morgan fingerprint density at radius 2 is 1.82 bits per heavy atom. The van der Waals surface area contributed by atoms with Crippen LogP contribution in [0.1, 0.15) is 38.9 Å². The van der Waals surface area contributed by atoms with Gasteiger partial charge in [-0.25, -0.2) is 0 Å². The Morgan fingerprint density at radius 1 is 1.14 bits per heavy atom. The molecule has 1 aliphatic heterocycles. The number of carbonyl (C=O) groups is 2. The summed E-state index contributed by atoms with van der Waals surface area (Å²) in [7, 11) is 0. The number of benzene rings is 2. The molecule has 7 heteroatoms. The van der Waals surface area contributed by atoms with Gasteiger partial charge in [-0.05, 0) is 54.8 Å². The molecule has 0 spiro atoms. The molecular weight excluding hydrogens is 360 g/mol. The molecule has 0 radical (unpaired) electrons. The average Bonchev–Trinajstić information content (AvgIpc) is 2.99. The minimum atomic E-state index is -0.616. The molecular formula is C21H18N2O5. The zero-order valence-electron chi connectivity index (χ0n) is 15.4.